The minimum Gasteiger partial charge on any atom is -0.355 e. The SMILES string of the molecule is CCCCNC(=O)C(C)NC(CC)c1ccccc1. The fraction of sp³-hybridized carbons (Fsp3) is 0.562. The van der Waals surface area contributed by atoms with Crippen molar-refractivity contribution in [1.82, 2.24) is 10.6 Å². The smallest absolute Gasteiger partial charge is 0.236 e. The van der Waals surface area contributed by atoms with Crippen molar-refractivity contribution in [3.05, 3.63) is 35.9 Å². The molecule has 0 bridgehead atoms. The van der Waals surface area contributed by atoms with Crippen LogP contribution in [0.2, 0.25) is 0 Å². The molecule has 0 spiro atoms. The Bertz CT molecular complexity index is 364. The first kappa shape index (κ1) is 15.7. The third kappa shape index (κ3) is 5.43. The molecular formula is C16H26N2O. The van der Waals surface area contributed by atoms with Gasteiger partial charge in [0.15, 0.2) is 0 Å². The van der Waals surface area contributed by atoms with Gasteiger partial charge in [-0.05, 0) is 25.3 Å². The van der Waals surface area contributed by atoms with E-state index in [2.05, 4.69) is 36.6 Å². The summed E-state index contributed by atoms with van der Waals surface area (Å²) >= 11 is 0. The molecule has 1 amide bonds. The summed E-state index contributed by atoms with van der Waals surface area (Å²) in [6, 6.07) is 10.3. The first-order valence-electron chi connectivity index (χ1n) is 7.27. The van der Waals surface area contributed by atoms with Crippen molar-refractivity contribution >= 4 is 5.91 Å². The van der Waals surface area contributed by atoms with Gasteiger partial charge in [0.05, 0.1) is 6.04 Å². The van der Waals surface area contributed by atoms with Crippen molar-refractivity contribution in [2.45, 2.75) is 52.1 Å². The predicted molar refractivity (Wildman–Crippen MR) is 80.0 cm³/mol. The topological polar surface area (TPSA) is 41.1 Å². The molecule has 0 aliphatic heterocycles. The van der Waals surface area contributed by atoms with Gasteiger partial charge in [-0.2, -0.15) is 0 Å². The van der Waals surface area contributed by atoms with Crippen LogP contribution in [0.3, 0.4) is 0 Å². The number of amides is 1. The van der Waals surface area contributed by atoms with Crippen molar-refractivity contribution in [3.63, 3.8) is 0 Å². The second kappa shape index (κ2) is 8.70. The zero-order chi connectivity index (χ0) is 14.1. The Balaban J connectivity index is 2.49. The molecular weight excluding hydrogens is 236 g/mol. The molecule has 2 N–H and O–H groups in total. The van der Waals surface area contributed by atoms with Crippen LogP contribution in [0.4, 0.5) is 0 Å². The summed E-state index contributed by atoms with van der Waals surface area (Å²) in [5.41, 5.74) is 1.23. The molecule has 1 rings (SSSR count). The largest absolute Gasteiger partial charge is 0.355 e. The highest BCUT2D eigenvalue weighted by Gasteiger charge is 2.17. The molecule has 0 saturated carbocycles. The van der Waals surface area contributed by atoms with Gasteiger partial charge in [-0.3, -0.25) is 10.1 Å². The Morgan fingerprint density at radius 2 is 1.89 bits per heavy atom. The number of carbonyl (C=O) groups is 1. The summed E-state index contributed by atoms with van der Waals surface area (Å²) in [4.78, 5) is 11.9. The van der Waals surface area contributed by atoms with Crippen LogP contribution >= 0.6 is 0 Å². The number of hydrogen-bond donors (Lipinski definition) is 2. The van der Waals surface area contributed by atoms with Gasteiger partial charge in [-0.15, -0.1) is 0 Å². The summed E-state index contributed by atoms with van der Waals surface area (Å²) in [5, 5.41) is 6.36. The van der Waals surface area contributed by atoms with Crippen LogP contribution in [0.15, 0.2) is 30.3 Å². The third-order valence-electron chi connectivity index (χ3n) is 3.28. The van der Waals surface area contributed by atoms with E-state index >= 15 is 0 Å². The monoisotopic (exact) mass is 262 g/mol. The lowest BCUT2D eigenvalue weighted by molar-refractivity contribution is -0.122. The van der Waals surface area contributed by atoms with Crippen molar-refractivity contribution in [1.29, 1.82) is 0 Å². The van der Waals surface area contributed by atoms with Crippen molar-refractivity contribution in [2.24, 2.45) is 0 Å². The molecule has 19 heavy (non-hydrogen) atoms. The van der Waals surface area contributed by atoms with Crippen LogP contribution in [0.25, 0.3) is 0 Å². The maximum Gasteiger partial charge on any atom is 0.236 e. The summed E-state index contributed by atoms with van der Waals surface area (Å²) in [5.74, 6) is 0.0860. The predicted octanol–water partition coefficient (Wildman–Crippen LogP) is 3.03. The number of unbranched alkanes of at least 4 members (excludes halogenated alkanes) is 1. The van der Waals surface area contributed by atoms with Crippen LogP contribution in [0, 0.1) is 0 Å². The van der Waals surface area contributed by atoms with Gasteiger partial charge < -0.3 is 5.32 Å². The maximum atomic E-state index is 11.9. The van der Waals surface area contributed by atoms with E-state index in [0.29, 0.717) is 0 Å². The molecule has 0 fully saturated rings. The minimum absolute atomic E-state index is 0.0860. The number of hydrogen-bond acceptors (Lipinski definition) is 2. The Morgan fingerprint density at radius 1 is 1.21 bits per heavy atom. The van der Waals surface area contributed by atoms with E-state index in [4.69, 9.17) is 0 Å². The quantitative estimate of drug-likeness (QED) is 0.707. The maximum absolute atomic E-state index is 11.9. The van der Waals surface area contributed by atoms with Crippen molar-refractivity contribution in [3.8, 4) is 0 Å². The second-order valence-corrected chi connectivity index (χ2v) is 4.90. The van der Waals surface area contributed by atoms with Gasteiger partial charge in [-0.1, -0.05) is 50.6 Å². The molecule has 3 heteroatoms. The normalized spacial score (nSPS) is 13.8. The fourth-order valence-electron chi connectivity index (χ4n) is 2.05. The average Bonchev–Trinajstić information content (AvgIpc) is 2.45. The molecule has 1 aromatic rings. The number of carbonyl (C=O) groups excluding carboxylic acids is 1. The summed E-state index contributed by atoms with van der Waals surface area (Å²) in [6.45, 7) is 6.94. The lowest BCUT2D eigenvalue weighted by Gasteiger charge is -2.22. The van der Waals surface area contributed by atoms with Crippen molar-refractivity contribution in [2.75, 3.05) is 6.54 Å². The van der Waals surface area contributed by atoms with E-state index in [1.165, 1.54) is 5.56 Å². The zero-order valence-electron chi connectivity index (χ0n) is 12.3. The van der Waals surface area contributed by atoms with E-state index in [1.807, 2.05) is 25.1 Å². The van der Waals surface area contributed by atoms with E-state index in [9.17, 15) is 4.79 Å². The van der Waals surface area contributed by atoms with Gasteiger partial charge in [0.2, 0.25) is 5.91 Å². The Labute approximate surface area is 116 Å². The average molecular weight is 262 g/mol. The van der Waals surface area contributed by atoms with E-state index in [0.717, 1.165) is 25.8 Å². The molecule has 3 nitrogen and oxygen atoms in total. The van der Waals surface area contributed by atoms with E-state index in [-0.39, 0.29) is 18.0 Å². The van der Waals surface area contributed by atoms with Gasteiger partial charge in [0.1, 0.15) is 0 Å². The number of nitrogens with one attached hydrogen (secondary N) is 2. The number of benzene rings is 1. The molecule has 0 saturated heterocycles. The van der Waals surface area contributed by atoms with Crippen molar-refractivity contribution < 1.29 is 4.79 Å². The fourth-order valence-corrected chi connectivity index (χ4v) is 2.05. The first-order valence-corrected chi connectivity index (χ1v) is 7.27. The molecule has 0 heterocycles. The van der Waals surface area contributed by atoms with Crippen LogP contribution < -0.4 is 10.6 Å². The molecule has 0 aliphatic carbocycles. The van der Waals surface area contributed by atoms with Gasteiger partial charge >= 0.3 is 0 Å². The molecule has 2 unspecified atom stereocenters. The molecule has 0 aliphatic rings. The summed E-state index contributed by atoms with van der Waals surface area (Å²) < 4.78 is 0. The zero-order valence-corrected chi connectivity index (χ0v) is 12.3. The first-order chi connectivity index (χ1) is 9.19. The highest BCUT2D eigenvalue weighted by Crippen LogP contribution is 2.16. The minimum atomic E-state index is -0.165. The highest BCUT2D eigenvalue weighted by molar-refractivity contribution is 5.81. The second-order valence-electron chi connectivity index (χ2n) is 4.90. The van der Waals surface area contributed by atoms with Gasteiger partial charge in [0.25, 0.3) is 0 Å². The molecule has 0 radical (unpaired) electrons. The molecule has 106 valence electrons. The lowest BCUT2D eigenvalue weighted by Crippen LogP contribution is -2.43. The van der Waals surface area contributed by atoms with Crippen LogP contribution in [-0.4, -0.2) is 18.5 Å². The Morgan fingerprint density at radius 3 is 2.47 bits per heavy atom. The van der Waals surface area contributed by atoms with E-state index < -0.39 is 0 Å². The number of rotatable bonds is 8. The van der Waals surface area contributed by atoms with Crippen LogP contribution in [-0.2, 0) is 4.79 Å². The molecule has 2 atom stereocenters. The lowest BCUT2D eigenvalue weighted by atomic mass is 10.0. The Hall–Kier alpha value is -1.35. The van der Waals surface area contributed by atoms with Gasteiger partial charge in [-0.25, -0.2) is 0 Å². The Kier molecular flexibility index (Phi) is 7.19. The summed E-state index contributed by atoms with van der Waals surface area (Å²) in [7, 11) is 0. The van der Waals surface area contributed by atoms with Crippen LogP contribution in [0.5, 0.6) is 0 Å². The molecule has 1 aromatic carbocycles. The third-order valence-corrected chi connectivity index (χ3v) is 3.28. The summed E-state index contributed by atoms with van der Waals surface area (Å²) in [6.07, 6.45) is 3.11. The highest BCUT2D eigenvalue weighted by atomic mass is 16.2. The molecule has 0 aromatic heterocycles. The van der Waals surface area contributed by atoms with E-state index in [1.54, 1.807) is 0 Å². The van der Waals surface area contributed by atoms with Crippen LogP contribution in [0.1, 0.15) is 51.6 Å². The standard InChI is InChI=1S/C16H26N2O/c1-4-6-12-17-16(19)13(3)18-15(5-2)14-10-8-7-9-11-14/h7-11,13,15,18H,4-6,12H2,1-3H3,(H,17,19). The van der Waals surface area contributed by atoms with Gasteiger partial charge in [0, 0.05) is 12.6 Å².